The molecule has 0 aliphatic carbocycles. The average molecular weight is 354 g/mol. The maximum atomic E-state index is 11.8. The minimum atomic E-state index is -0.415. The summed E-state index contributed by atoms with van der Waals surface area (Å²) in [5.74, 6) is -0.342. The fourth-order valence-electron chi connectivity index (χ4n) is 1.49. The van der Waals surface area contributed by atoms with E-state index in [0.29, 0.717) is 16.1 Å². The van der Waals surface area contributed by atoms with Crippen molar-refractivity contribution in [3.05, 3.63) is 63.1 Å². The van der Waals surface area contributed by atoms with Crippen molar-refractivity contribution in [3.63, 3.8) is 0 Å². The van der Waals surface area contributed by atoms with Gasteiger partial charge in [-0.2, -0.15) is 5.10 Å². The Morgan fingerprint density at radius 3 is 2.80 bits per heavy atom. The van der Waals surface area contributed by atoms with Crippen LogP contribution in [0.1, 0.15) is 15.9 Å². The molecule has 2 aromatic carbocycles. The van der Waals surface area contributed by atoms with E-state index in [1.807, 2.05) is 0 Å². The number of hydrazone groups is 1. The van der Waals surface area contributed by atoms with Crippen LogP contribution in [0.15, 0.2) is 52.0 Å². The number of phenolic OH excluding ortho intramolecular Hbond substituents is 1. The zero-order valence-corrected chi connectivity index (χ0v) is 12.5. The van der Waals surface area contributed by atoms with Gasteiger partial charge in [0, 0.05) is 10.0 Å². The van der Waals surface area contributed by atoms with Crippen LogP contribution in [-0.4, -0.2) is 17.2 Å². The number of nitrogens with one attached hydrogen (secondary N) is 1. The lowest BCUT2D eigenvalue weighted by Crippen LogP contribution is -2.17. The third-order valence-electron chi connectivity index (χ3n) is 2.48. The number of rotatable bonds is 3. The lowest BCUT2D eigenvalue weighted by atomic mass is 10.2. The van der Waals surface area contributed by atoms with Gasteiger partial charge in [0.05, 0.1) is 16.8 Å². The standard InChI is InChI=1S/C14H10BrClN2O2/c15-10-5-6-13(19)9(7-10)8-17-18-14(20)11-3-1-2-4-12(11)16/h1-8,19H,(H,18,20)/b17-8-. The molecule has 0 aliphatic heterocycles. The lowest BCUT2D eigenvalue weighted by Gasteiger charge is -2.02. The van der Waals surface area contributed by atoms with Gasteiger partial charge in [0.15, 0.2) is 0 Å². The molecule has 20 heavy (non-hydrogen) atoms. The number of phenols is 1. The molecule has 0 bridgehead atoms. The van der Waals surface area contributed by atoms with Gasteiger partial charge in [0.25, 0.3) is 5.91 Å². The summed E-state index contributed by atoms with van der Waals surface area (Å²) >= 11 is 9.19. The average Bonchev–Trinajstić information content (AvgIpc) is 2.43. The quantitative estimate of drug-likeness (QED) is 0.654. The summed E-state index contributed by atoms with van der Waals surface area (Å²) in [6.45, 7) is 0. The second kappa shape index (κ2) is 6.54. The van der Waals surface area contributed by atoms with Gasteiger partial charge in [-0.15, -0.1) is 0 Å². The van der Waals surface area contributed by atoms with Crippen molar-refractivity contribution in [1.29, 1.82) is 0 Å². The molecule has 0 saturated heterocycles. The maximum absolute atomic E-state index is 11.8. The number of hydrogen-bond donors (Lipinski definition) is 2. The van der Waals surface area contributed by atoms with Gasteiger partial charge >= 0.3 is 0 Å². The number of carbonyl (C=O) groups is 1. The second-order valence-corrected chi connectivity index (χ2v) is 5.20. The summed E-state index contributed by atoms with van der Waals surface area (Å²) in [5, 5.41) is 13.8. The van der Waals surface area contributed by atoms with Crippen molar-refractivity contribution in [2.24, 2.45) is 5.10 Å². The Kier molecular flexibility index (Phi) is 4.76. The molecule has 4 nitrogen and oxygen atoms in total. The first-order valence-corrected chi connectivity index (χ1v) is 6.81. The molecule has 0 aliphatic rings. The number of aromatic hydroxyl groups is 1. The van der Waals surface area contributed by atoms with E-state index >= 15 is 0 Å². The van der Waals surface area contributed by atoms with Gasteiger partial charge < -0.3 is 5.11 Å². The van der Waals surface area contributed by atoms with Gasteiger partial charge in [-0.1, -0.05) is 39.7 Å². The van der Waals surface area contributed by atoms with Gasteiger partial charge in [-0.05, 0) is 30.3 Å². The van der Waals surface area contributed by atoms with Crippen LogP contribution < -0.4 is 5.43 Å². The highest BCUT2D eigenvalue weighted by molar-refractivity contribution is 9.10. The second-order valence-electron chi connectivity index (χ2n) is 3.88. The van der Waals surface area contributed by atoms with E-state index in [0.717, 1.165) is 4.47 Å². The molecule has 1 amide bonds. The van der Waals surface area contributed by atoms with Crippen LogP contribution in [0.25, 0.3) is 0 Å². The number of amides is 1. The van der Waals surface area contributed by atoms with E-state index in [1.165, 1.54) is 12.3 Å². The van der Waals surface area contributed by atoms with Gasteiger partial charge in [-0.3, -0.25) is 4.79 Å². The minimum absolute atomic E-state index is 0.0731. The third kappa shape index (κ3) is 3.59. The maximum Gasteiger partial charge on any atom is 0.272 e. The fourth-order valence-corrected chi connectivity index (χ4v) is 2.10. The van der Waals surface area contributed by atoms with Gasteiger partial charge in [0.2, 0.25) is 0 Å². The predicted octanol–water partition coefficient (Wildman–Crippen LogP) is 3.57. The normalized spacial score (nSPS) is 10.7. The van der Waals surface area contributed by atoms with Crippen LogP contribution in [0.3, 0.4) is 0 Å². The van der Waals surface area contributed by atoms with Crippen molar-refractivity contribution in [2.45, 2.75) is 0 Å². The summed E-state index contributed by atoms with van der Waals surface area (Å²) < 4.78 is 0.800. The van der Waals surface area contributed by atoms with Gasteiger partial charge in [-0.25, -0.2) is 5.43 Å². The van der Waals surface area contributed by atoms with Crippen LogP contribution in [-0.2, 0) is 0 Å². The molecule has 0 fully saturated rings. The summed E-state index contributed by atoms with van der Waals surface area (Å²) in [6.07, 6.45) is 1.36. The lowest BCUT2D eigenvalue weighted by molar-refractivity contribution is 0.0955. The van der Waals surface area contributed by atoms with E-state index in [2.05, 4.69) is 26.5 Å². The Morgan fingerprint density at radius 2 is 2.05 bits per heavy atom. The Bertz CT molecular complexity index is 674. The largest absolute Gasteiger partial charge is 0.507 e. The summed E-state index contributed by atoms with van der Waals surface area (Å²) in [7, 11) is 0. The highest BCUT2D eigenvalue weighted by Crippen LogP contribution is 2.20. The number of benzene rings is 2. The molecule has 0 unspecified atom stereocenters. The molecule has 0 saturated carbocycles. The molecule has 6 heteroatoms. The molecular weight excluding hydrogens is 344 g/mol. The van der Waals surface area contributed by atoms with E-state index in [4.69, 9.17) is 11.6 Å². The third-order valence-corrected chi connectivity index (χ3v) is 3.30. The molecule has 102 valence electrons. The van der Waals surface area contributed by atoms with Crippen LogP contribution in [0.5, 0.6) is 5.75 Å². The van der Waals surface area contributed by atoms with Crippen LogP contribution in [0, 0.1) is 0 Å². The number of halogens is 2. The van der Waals surface area contributed by atoms with Crippen molar-refractivity contribution in [1.82, 2.24) is 5.43 Å². The predicted molar refractivity (Wildman–Crippen MR) is 82.3 cm³/mol. The molecule has 0 spiro atoms. The summed E-state index contributed by atoms with van der Waals surface area (Å²) in [6, 6.07) is 11.6. The Hall–Kier alpha value is -1.85. The summed E-state index contributed by atoms with van der Waals surface area (Å²) in [4.78, 5) is 11.8. The van der Waals surface area contributed by atoms with Crippen molar-refractivity contribution >= 4 is 39.7 Å². The zero-order valence-electron chi connectivity index (χ0n) is 10.2. The Labute approximate surface area is 129 Å². The molecule has 0 radical (unpaired) electrons. The molecule has 0 atom stereocenters. The number of carbonyl (C=O) groups excluding carboxylic acids is 1. The Balaban J connectivity index is 2.09. The molecular formula is C14H10BrClN2O2. The Morgan fingerprint density at radius 1 is 1.30 bits per heavy atom. The van der Waals surface area contributed by atoms with Crippen LogP contribution in [0.2, 0.25) is 5.02 Å². The first-order chi connectivity index (χ1) is 9.58. The number of hydrogen-bond acceptors (Lipinski definition) is 3. The molecule has 2 rings (SSSR count). The van der Waals surface area contributed by atoms with Gasteiger partial charge in [0.1, 0.15) is 5.75 Å². The monoisotopic (exact) mass is 352 g/mol. The van der Waals surface area contributed by atoms with Crippen molar-refractivity contribution in [2.75, 3.05) is 0 Å². The topological polar surface area (TPSA) is 61.7 Å². The van der Waals surface area contributed by atoms with Crippen LogP contribution in [0.4, 0.5) is 0 Å². The van der Waals surface area contributed by atoms with Crippen molar-refractivity contribution < 1.29 is 9.90 Å². The molecule has 0 aromatic heterocycles. The summed E-state index contributed by atoms with van der Waals surface area (Å²) in [5.41, 5.74) is 3.18. The zero-order chi connectivity index (χ0) is 14.5. The first kappa shape index (κ1) is 14.6. The number of nitrogens with zero attached hydrogens (tertiary/aromatic N) is 1. The van der Waals surface area contributed by atoms with Crippen molar-refractivity contribution in [3.8, 4) is 5.75 Å². The fraction of sp³-hybridized carbons (Fsp3) is 0. The minimum Gasteiger partial charge on any atom is -0.507 e. The molecule has 2 N–H and O–H groups in total. The SMILES string of the molecule is O=C(N/N=C\c1cc(Br)ccc1O)c1ccccc1Cl. The van der Waals surface area contributed by atoms with E-state index < -0.39 is 5.91 Å². The van der Waals surface area contributed by atoms with Crippen LogP contribution >= 0.6 is 27.5 Å². The van der Waals surface area contributed by atoms with E-state index in [9.17, 15) is 9.90 Å². The van der Waals surface area contributed by atoms with E-state index in [-0.39, 0.29) is 5.75 Å². The molecule has 2 aromatic rings. The smallest absolute Gasteiger partial charge is 0.272 e. The highest BCUT2D eigenvalue weighted by Gasteiger charge is 2.07. The molecule has 0 heterocycles. The van der Waals surface area contributed by atoms with E-state index in [1.54, 1.807) is 36.4 Å². The first-order valence-electron chi connectivity index (χ1n) is 5.64. The highest BCUT2D eigenvalue weighted by atomic mass is 79.9.